The zero-order valence-corrected chi connectivity index (χ0v) is 16.0. The molecule has 0 unspecified atom stereocenters. The molecule has 3 aromatic rings. The quantitative estimate of drug-likeness (QED) is 0.386. The van der Waals surface area contributed by atoms with Crippen molar-refractivity contribution in [3.05, 3.63) is 53.7 Å². The lowest BCUT2D eigenvalue weighted by atomic mass is 10.3. The Morgan fingerprint density at radius 3 is 2.50 bits per heavy atom. The largest absolute Gasteiger partial charge is 0.494 e. The molecule has 0 radical (unpaired) electrons. The van der Waals surface area contributed by atoms with Gasteiger partial charge in [-0.05, 0) is 49.6 Å². The van der Waals surface area contributed by atoms with Crippen LogP contribution in [0.2, 0.25) is 0 Å². The van der Waals surface area contributed by atoms with E-state index in [2.05, 4.69) is 15.3 Å². The number of halogens is 2. The Bertz CT molecular complexity index is 925. The fourth-order valence-corrected chi connectivity index (χ4v) is 2.69. The summed E-state index contributed by atoms with van der Waals surface area (Å²) < 4.78 is 43.6. The maximum absolute atomic E-state index is 13.0. The summed E-state index contributed by atoms with van der Waals surface area (Å²) in [5.74, 6) is 1.88. The normalized spacial score (nSPS) is 11.5. The van der Waals surface area contributed by atoms with Gasteiger partial charge in [-0.15, -0.1) is 10.2 Å². The van der Waals surface area contributed by atoms with E-state index in [1.165, 1.54) is 18.0 Å². The summed E-state index contributed by atoms with van der Waals surface area (Å²) in [7, 11) is 0. The molecule has 0 bridgehead atoms. The van der Waals surface area contributed by atoms with Gasteiger partial charge in [-0.1, -0.05) is 11.8 Å². The second kappa shape index (κ2) is 9.36. The molecule has 2 aromatic heterocycles. The van der Waals surface area contributed by atoms with Crippen molar-refractivity contribution in [1.82, 2.24) is 14.9 Å². The molecule has 0 aliphatic heterocycles. The molecule has 0 aliphatic rings. The maximum atomic E-state index is 13.0. The van der Waals surface area contributed by atoms with Crippen molar-refractivity contribution in [2.24, 2.45) is 5.10 Å². The summed E-state index contributed by atoms with van der Waals surface area (Å²) in [5, 5.41) is 11.4. The molecule has 0 saturated carbocycles. The van der Waals surface area contributed by atoms with Crippen LogP contribution in [0.4, 0.5) is 8.78 Å². The first-order valence-electron chi connectivity index (χ1n) is 8.37. The van der Waals surface area contributed by atoms with Crippen LogP contribution in [0.15, 0.2) is 51.1 Å². The van der Waals surface area contributed by atoms with Crippen molar-refractivity contribution in [3.8, 4) is 11.5 Å². The van der Waals surface area contributed by atoms with E-state index in [4.69, 9.17) is 13.9 Å². The van der Waals surface area contributed by atoms with Gasteiger partial charge >= 0.3 is 0 Å². The number of alkyl halides is 2. The molecule has 148 valence electrons. The van der Waals surface area contributed by atoms with Crippen molar-refractivity contribution in [2.75, 3.05) is 12.9 Å². The Balaban J connectivity index is 1.63. The third-order valence-corrected chi connectivity index (χ3v) is 4.13. The topological polar surface area (TPSA) is 74.7 Å². The highest BCUT2D eigenvalue weighted by Gasteiger charge is 2.19. The van der Waals surface area contributed by atoms with E-state index in [0.29, 0.717) is 23.9 Å². The van der Waals surface area contributed by atoms with E-state index in [1.807, 2.05) is 19.1 Å². The lowest BCUT2D eigenvalue weighted by Gasteiger charge is -2.06. The molecule has 28 heavy (non-hydrogen) atoms. The summed E-state index contributed by atoms with van der Waals surface area (Å²) in [6, 6.07) is 10.7. The Morgan fingerprint density at radius 2 is 1.86 bits per heavy atom. The SMILES string of the molecule is CCOc1ccc(OCc2ccc(C=Nn3c(SC)nnc3C(F)F)o2)cc1. The number of furan rings is 1. The third kappa shape index (κ3) is 4.89. The average Bonchev–Trinajstić information content (AvgIpc) is 3.32. The average molecular weight is 408 g/mol. The van der Waals surface area contributed by atoms with Crippen molar-refractivity contribution < 1.29 is 22.7 Å². The molecule has 7 nitrogen and oxygen atoms in total. The van der Waals surface area contributed by atoms with E-state index >= 15 is 0 Å². The predicted molar refractivity (Wildman–Crippen MR) is 100 cm³/mol. The Morgan fingerprint density at radius 1 is 1.14 bits per heavy atom. The number of rotatable bonds is 9. The Kier molecular flexibility index (Phi) is 6.64. The van der Waals surface area contributed by atoms with Crippen LogP contribution in [-0.2, 0) is 6.61 Å². The van der Waals surface area contributed by atoms with Crippen LogP contribution >= 0.6 is 11.8 Å². The molecule has 1 aromatic carbocycles. The van der Waals surface area contributed by atoms with E-state index in [9.17, 15) is 8.78 Å². The first-order valence-corrected chi connectivity index (χ1v) is 9.59. The zero-order valence-electron chi connectivity index (χ0n) is 15.2. The summed E-state index contributed by atoms with van der Waals surface area (Å²) in [4.78, 5) is 0. The van der Waals surface area contributed by atoms with Crippen LogP contribution in [0, 0.1) is 0 Å². The molecule has 0 amide bonds. The molecule has 2 heterocycles. The fraction of sp³-hybridized carbons (Fsp3) is 0.278. The summed E-state index contributed by atoms with van der Waals surface area (Å²) >= 11 is 1.17. The van der Waals surface area contributed by atoms with Crippen LogP contribution in [0.1, 0.15) is 30.7 Å². The van der Waals surface area contributed by atoms with Gasteiger partial charge in [-0.2, -0.15) is 9.78 Å². The number of hydrogen-bond acceptors (Lipinski definition) is 7. The zero-order chi connectivity index (χ0) is 19.9. The molecule has 3 rings (SSSR count). The first-order chi connectivity index (χ1) is 13.6. The number of nitrogens with zero attached hydrogens (tertiary/aromatic N) is 4. The van der Waals surface area contributed by atoms with Gasteiger partial charge in [0.05, 0.1) is 12.8 Å². The third-order valence-electron chi connectivity index (χ3n) is 3.51. The minimum Gasteiger partial charge on any atom is -0.494 e. The predicted octanol–water partition coefficient (Wildman–Crippen LogP) is 4.39. The molecular formula is C18H18F2N4O3S. The van der Waals surface area contributed by atoms with Gasteiger partial charge in [0.1, 0.15) is 29.6 Å². The highest BCUT2D eigenvalue weighted by molar-refractivity contribution is 7.98. The van der Waals surface area contributed by atoms with Crippen LogP contribution in [-0.4, -0.2) is 34.0 Å². The molecule has 0 saturated heterocycles. The van der Waals surface area contributed by atoms with Crippen LogP contribution in [0.3, 0.4) is 0 Å². The summed E-state index contributed by atoms with van der Waals surface area (Å²) in [6.07, 6.45) is 0.254. The summed E-state index contributed by atoms with van der Waals surface area (Å²) in [6.45, 7) is 2.73. The van der Waals surface area contributed by atoms with Crippen molar-refractivity contribution in [2.45, 2.75) is 25.1 Å². The van der Waals surface area contributed by atoms with Crippen molar-refractivity contribution >= 4 is 18.0 Å². The lowest BCUT2D eigenvalue weighted by molar-refractivity contribution is 0.135. The van der Waals surface area contributed by atoms with E-state index < -0.39 is 12.2 Å². The second-order valence-electron chi connectivity index (χ2n) is 5.40. The standard InChI is InChI=1S/C18H18F2N4O3S/c1-3-25-12-4-6-13(7-5-12)26-11-15-9-8-14(27-15)10-21-24-17(16(19)20)22-23-18(24)28-2/h4-10,16H,3,11H2,1-2H3. The molecule has 0 atom stereocenters. The molecule has 0 fully saturated rings. The number of hydrogen-bond donors (Lipinski definition) is 0. The number of ether oxygens (including phenoxy) is 2. The first kappa shape index (κ1) is 19.9. The maximum Gasteiger partial charge on any atom is 0.299 e. The number of benzene rings is 1. The number of aromatic nitrogens is 3. The highest BCUT2D eigenvalue weighted by Crippen LogP contribution is 2.22. The summed E-state index contributed by atoms with van der Waals surface area (Å²) in [5.41, 5.74) is 0. The number of thioether (sulfide) groups is 1. The van der Waals surface area contributed by atoms with Gasteiger partial charge in [0.25, 0.3) is 6.43 Å². The van der Waals surface area contributed by atoms with Gasteiger partial charge < -0.3 is 13.9 Å². The smallest absolute Gasteiger partial charge is 0.299 e. The Labute approximate surface area is 164 Å². The minimum atomic E-state index is -2.78. The molecule has 0 aliphatic carbocycles. The fourth-order valence-electron chi connectivity index (χ4n) is 2.26. The monoisotopic (exact) mass is 408 g/mol. The molecular weight excluding hydrogens is 390 g/mol. The van der Waals surface area contributed by atoms with Gasteiger partial charge in [0, 0.05) is 0 Å². The molecule has 0 spiro atoms. The van der Waals surface area contributed by atoms with Crippen LogP contribution in [0.25, 0.3) is 0 Å². The lowest BCUT2D eigenvalue weighted by Crippen LogP contribution is -2.00. The van der Waals surface area contributed by atoms with Gasteiger partial charge in [0.15, 0.2) is 0 Å². The van der Waals surface area contributed by atoms with E-state index in [-0.39, 0.29) is 11.8 Å². The Hall–Kier alpha value is -2.88. The highest BCUT2D eigenvalue weighted by atomic mass is 32.2. The minimum absolute atomic E-state index is 0.215. The van der Waals surface area contributed by atoms with Gasteiger partial charge in [0.2, 0.25) is 11.0 Å². The van der Waals surface area contributed by atoms with Crippen molar-refractivity contribution in [3.63, 3.8) is 0 Å². The van der Waals surface area contributed by atoms with E-state index in [0.717, 1.165) is 10.4 Å². The second-order valence-corrected chi connectivity index (χ2v) is 6.17. The van der Waals surface area contributed by atoms with Gasteiger partial charge in [-0.25, -0.2) is 8.78 Å². The van der Waals surface area contributed by atoms with Crippen molar-refractivity contribution in [1.29, 1.82) is 0 Å². The van der Waals surface area contributed by atoms with E-state index in [1.54, 1.807) is 30.5 Å². The molecule has 0 N–H and O–H groups in total. The van der Waals surface area contributed by atoms with Gasteiger partial charge in [-0.3, -0.25) is 0 Å². The van der Waals surface area contributed by atoms with Crippen LogP contribution < -0.4 is 9.47 Å². The van der Waals surface area contributed by atoms with Crippen LogP contribution in [0.5, 0.6) is 11.5 Å². The molecule has 10 heteroatoms.